The van der Waals surface area contributed by atoms with Crippen LogP contribution in [0.1, 0.15) is 22.8 Å². The Labute approximate surface area is 129 Å². The summed E-state index contributed by atoms with van der Waals surface area (Å²) in [5, 5.41) is 0. The van der Waals surface area contributed by atoms with Gasteiger partial charge in [0.15, 0.2) is 2.14 Å². The third-order valence-electron chi connectivity index (χ3n) is 1.97. The van der Waals surface area contributed by atoms with E-state index < -0.39 is 14.1 Å². The minimum atomic E-state index is -0.662. The number of ether oxygens (including phenoxy) is 2. The molecule has 1 rings (SSSR count). The normalized spacial score (nSPS) is 10.9. The first-order chi connectivity index (χ1) is 8.25. The molecule has 0 fully saturated rings. The molecule has 0 aliphatic heterocycles. The number of esters is 2. The summed E-state index contributed by atoms with van der Waals surface area (Å²) in [7, 11) is 1.26. The predicted molar refractivity (Wildman–Crippen MR) is 77.5 cm³/mol. The Morgan fingerprint density at radius 2 is 1.83 bits per heavy atom. The number of alkyl halides is 3. The zero-order valence-corrected chi connectivity index (χ0v) is 14.3. The van der Waals surface area contributed by atoms with E-state index >= 15 is 0 Å². The van der Waals surface area contributed by atoms with E-state index in [1.807, 2.05) is 0 Å². The summed E-state index contributed by atoms with van der Waals surface area (Å²) in [6, 6.07) is 4.78. The molecule has 1 aromatic rings. The molecule has 0 heterocycles. The van der Waals surface area contributed by atoms with Crippen molar-refractivity contribution in [2.24, 2.45) is 0 Å². The average Bonchev–Trinajstić information content (AvgIpc) is 2.26. The van der Waals surface area contributed by atoms with Crippen LogP contribution in [0.4, 0.5) is 0 Å². The van der Waals surface area contributed by atoms with Gasteiger partial charge in [0.05, 0.1) is 7.11 Å². The quantitative estimate of drug-likeness (QED) is 0.396. The van der Waals surface area contributed by atoms with Gasteiger partial charge in [-0.05, 0) is 17.7 Å². The Bertz CT molecular complexity index is 480. The van der Waals surface area contributed by atoms with Gasteiger partial charge in [-0.15, -0.1) is 0 Å². The second-order valence-electron chi connectivity index (χ2n) is 3.29. The monoisotopic (exact) mass is 442 g/mol. The van der Waals surface area contributed by atoms with Crippen LogP contribution >= 0.6 is 47.8 Å². The first kappa shape index (κ1) is 15.7. The van der Waals surface area contributed by atoms with Crippen molar-refractivity contribution < 1.29 is 19.1 Å². The summed E-state index contributed by atoms with van der Waals surface area (Å²) in [6.07, 6.45) is 0. The first-order valence-corrected chi connectivity index (χ1v) is 7.11. The summed E-state index contributed by atoms with van der Waals surface area (Å²) in [6.45, 7) is 1.26. The topological polar surface area (TPSA) is 52.6 Å². The van der Waals surface area contributed by atoms with Gasteiger partial charge in [0.1, 0.15) is 11.3 Å². The lowest BCUT2D eigenvalue weighted by Crippen LogP contribution is -2.10. The molecule has 98 valence electrons. The average molecular weight is 445 g/mol. The van der Waals surface area contributed by atoms with Crippen molar-refractivity contribution in [1.29, 1.82) is 0 Å². The van der Waals surface area contributed by atoms with Gasteiger partial charge < -0.3 is 9.47 Å². The smallest absolute Gasteiger partial charge is 0.341 e. The highest BCUT2D eigenvalue weighted by molar-refractivity contribution is 9.38. The molecule has 0 atom stereocenters. The highest BCUT2D eigenvalue weighted by Crippen LogP contribution is 2.45. The van der Waals surface area contributed by atoms with E-state index in [1.54, 1.807) is 12.1 Å². The molecule has 0 unspecified atom stereocenters. The fourth-order valence-electron chi connectivity index (χ4n) is 1.22. The third-order valence-corrected chi connectivity index (χ3v) is 3.34. The van der Waals surface area contributed by atoms with Crippen molar-refractivity contribution in [2.45, 2.75) is 9.07 Å². The maximum atomic E-state index is 11.6. The van der Waals surface area contributed by atoms with Gasteiger partial charge in [-0.3, -0.25) is 4.79 Å². The number of carbonyl (C=O) groups is 2. The molecule has 0 saturated heterocycles. The van der Waals surface area contributed by atoms with Crippen molar-refractivity contribution in [3.8, 4) is 5.75 Å². The van der Waals surface area contributed by atoms with Gasteiger partial charge in [0, 0.05) is 6.92 Å². The van der Waals surface area contributed by atoms with Crippen molar-refractivity contribution in [1.82, 2.24) is 0 Å². The SMILES string of the molecule is COC(=O)c1cc(C(Br)(Br)Br)ccc1OC(C)=O. The Balaban J connectivity index is 3.29. The predicted octanol–water partition coefficient (Wildman–Crippen LogP) is 3.69. The number of carbonyl (C=O) groups excluding carboxylic acids is 2. The Morgan fingerprint density at radius 3 is 2.28 bits per heavy atom. The molecule has 0 aliphatic carbocycles. The molecule has 0 aliphatic rings. The Kier molecular flexibility index (Phi) is 5.36. The zero-order valence-electron chi connectivity index (χ0n) is 9.50. The van der Waals surface area contributed by atoms with E-state index in [4.69, 9.17) is 4.74 Å². The number of rotatable bonds is 2. The van der Waals surface area contributed by atoms with Crippen LogP contribution in [-0.2, 0) is 11.7 Å². The molecule has 18 heavy (non-hydrogen) atoms. The Morgan fingerprint density at radius 1 is 1.22 bits per heavy atom. The molecule has 0 amide bonds. The van der Waals surface area contributed by atoms with Gasteiger partial charge >= 0.3 is 11.9 Å². The van der Waals surface area contributed by atoms with E-state index in [1.165, 1.54) is 20.1 Å². The third kappa shape index (κ3) is 4.07. The van der Waals surface area contributed by atoms with Crippen molar-refractivity contribution in [3.05, 3.63) is 29.3 Å². The van der Waals surface area contributed by atoms with Crippen LogP contribution in [0.25, 0.3) is 0 Å². The van der Waals surface area contributed by atoms with Gasteiger partial charge in [-0.2, -0.15) is 0 Å². The second kappa shape index (κ2) is 6.16. The standard InChI is InChI=1S/C11H9Br3O4/c1-6(15)18-9-4-3-7(11(12,13)14)5-8(9)10(16)17-2/h3-5H,1-2H3. The number of halogens is 3. The number of benzene rings is 1. The van der Waals surface area contributed by atoms with E-state index in [2.05, 4.69) is 52.5 Å². The van der Waals surface area contributed by atoms with Gasteiger partial charge in [0.2, 0.25) is 0 Å². The fourth-order valence-corrected chi connectivity index (χ4v) is 1.96. The highest BCUT2D eigenvalue weighted by Gasteiger charge is 2.24. The van der Waals surface area contributed by atoms with Crippen LogP contribution in [0, 0.1) is 0 Å². The minimum Gasteiger partial charge on any atom is -0.465 e. The van der Waals surface area contributed by atoms with E-state index in [-0.39, 0.29) is 11.3 Å². The van der Waals surface area contributed by atoms with Crippen molar-refractivity contribution in [2.75, 3.05) is 7.11 Å². The Hall–Kier alpha value is -0.400. The molecule has 0 bridgehead atoms. The maximum Gasteiger partial charge on any atom is 0.341 e. The van der Waals surface area contributed by atoms with Gasteiger partial charge in [-0.1, -0.05) is 53.9 Å². The first-order valence-electron chi connectivity index (χ1n) is 4.73. The molecule has 1 aromatic carbocycles. The summed E-state index contributed by atoms with van der Waals surface area (Å²) < 4.78 is 8.94. The molecule has 0 radical (unpaired) electrons. The minimum absolute atomic E-state index is 0.162. The molecule has 0 spiro atoms. The van der Waals surface area contributed by atoms with Crippen LogP contribution in [0.15, 0.2) is 18.2 Å². The lowest BCUT2D eigenvalue weighted by Gasteiger charge is -2.15. The highest BCUT2D eigenvalue weighted by atomic mass is 80.0. The van der Waals surface area contributed by atoms with Crippen LogP contribution < -0.4 is 4.74 Å². The largest absolute Gasteiger partial charge is 0.465 e. The van der Waals surface area contributed by atoms with E-state index in [0.29, 0.717) is 0 Å². The van der Waals surface area contributed by atoms with Crippen LogP contribution in [-0.4, -0.2) is 19.0 Å². The zero-order chi connectivity index (χ0) is 13.9. The molecule has 4 nitrogen and oxygen atoms in total. The number of hydrogen-bond acceptors (Lipinski definition) is 4. The molecule has 7 heteroatoms. The van der Waals surface area contributed by atoms with Gasteiger partial charge in [-0.25, -0.2) is 4.79 Å². The fraction of sp³-hybridized carbons (Fsp3) is 0.273. The molecule has 0 N–H and O–H groups in total. The van der Waals surface area contributed by atoms with Crippen LogP contribution in [0.5, 0.6) is 5.75 Å². The maximum absolute atomic E-state index is 11.6. The van der Waals surface area contributed by atoms with Crippen molar-refractivity contribution >= 4 is 59.7 Å². The summed E-state index contributed by atoms with van der Waals surface area (Å²) in [5.41, 5.74) is 0.895. The number of hydrogen-bond donors (Lipinski definition) is 0. The van der Waals surface area contributed by atoms with Crippen LogP contribution in [0.3, 0.4) is 0 Å². The lowest BCUT2D eigenvalue weighted by molar-refractivity contribution is -0.131. The summed E-state index contributed by atoms with van der Waals surface area (Å²) >= 11 is 10.0. The molecule has 0 aromatic heterocycles. The molecular weight excluding hydrogens is 436 g/mol. The van der Waals surface area contributed by atoms with E-state index in [0.717, 1.165) is 5.56 Å². The second-order valence-corrected chi connectivity index (χ2v) is 10.1. The van der Waals surface area contributed by atoms with Crippen molar-refractivity contribution in [3.63, 3.8) is 0 Å². The summed E-state index contributed by atoms with van der Waals surface area (Å²) in [5.74, 6) is -0.921. The van der Waals surface area contributed by atoms with E-state index in [9.17, 15) is 9.59 Å². The molecule has 0 saturated carbocycles. The van der Waals surface area contributed by atoms with Gasteiger partial charge in [0.25, 0.3) is 0 Å². The van der Waals surface area contributed by atoms with Crippen LogP contribution in [0.2, 0.25) is 0 Å². The lowest BCUT2D eigenvalue weighted by atomic mass is 10.1. The summed E-state index contributed by atoms with van der Waals surface area (Å²) in [4.78, 5) is 22.6. The number of methoxy groups -OCH3 is 1. The molecular formula is C11H9Br3O4.